The first kappa shape index (κ1) is 21.5. The normalized spacial score (nSPS) is 18.0. The van der Waals surface area contributed by atoms with E-state index in [1.807, 2.05) is 55.5 Å². The number of amides is 3. The van der Waals surface area contributed by atoms with Crippen molar-refractivity contribution in [2.24, 2.45) is 5.92 Å². The van der Waals surface area contributed by atoms with Crippen molar-refractivity contribution in [2.75, 3.05) is 33.9 Å². The number of hydrogen-bond acceptors (Lipinski definition) is 4. The van der Waals surface area contributed by atoms with Crippen LogP contribution in [-0.2, 0) is 11.3 Å². The number of carbonyl (C=O) groups is 2. The van der Waals surface area contributed by atoms with Gasteiger partial charge in [-0.2, -0.15) is 0 Å². The molecular weight excluding hydrogens is 382 g/mol. The molecule has 2 atom stereocenters. The smallest absolute Gasteiger partial charge is 0.317 e. The molecule has 1 saturated heterocycles. The van der Waals surface area contributed by atoms with Crippen LogP contribution in [0.1, 0.15) is 24.0 Å². The zero-order valence-electron chi connectivity index (χ0n) is 17.7. The molecule has 2 N–H and O–H groups in total. The first-order chi connectivity index (χ1) is 14.6. The molecule has 3 amide bonds. The van der Waals surface area contributed by atoms with Crippen molar-refractivity contribution in [3.05, 3.63) is 59.7 Å². The fourth-order valence-corrected chi connectivity index (χ4v) is 3.86. The Kier molecular flexibility index (Phi) is 7.17. The third kappa shape index (κ3) is 4.84. The molecule has 160 valence electrons. The van der Waals surface area contributed by atoms with E-state index in [1.54, 1.807) is 19.1 Å². The van der Waals surface area contributed by atoms with E-state index in [0.717, 1.165) is 11.1 Å². The molecule has 0 spiro atoms. The maximum absolute atomic E-state index is 13.1. The fraction of sp³-hybridized carbons (Fsp3) is 0.391. The monoisotopic (exact) mass is 411 g/mol. The minimum absolute atomic E-state index is 0.0828. The van der Waals surface area contributed by atoms with Crippen molar-refractivity contribution in [3.63, 3.8) is 0 Å². The van der Waals surface area contributed by atoms with Crippen LogP contribution in [-0.4, -0.2) is 50.7 Å². The zero-order valence-corrected chi connectivity index (χ0v) is 17.7. The number of carbonyl (C=O) groups excluding carboxylic acids is 2. The number of ether oxygens (including phenoxy) is 2. The molecule has 30 heavy (non-hydrogen) atoms. The lowest BCUT2D eigenvalue weighted by molar-refractivity contribution is -0.125. The molecule has 1 aliphatic rings. The Morgan fingerprint density at radius 3 is 2.47 bits per heavy atom. The second-order valence-electron chi connectivity index (χ2n) is 7.26. The molecule has 0 aromatic heterocycles. The summed E-state index contributed by atoms with van der Waals surface area (Å²) in [6, 6.07) is 15.2. The van der Waals surface area contributed by atoms with Crippen molar-refractivity contribution in [3.8, 4) is 11.5 Å². The number of nitrogens with one attached hydrogen (secondary N) is 2. The Bertz CT molecular complexity index is 872. The highest BCUT2D eigenvalue weighted by molar-refractivity contribution is 5.83. The van der Waals surface area contributed by atoms with Crippen molar-refractivity contribution in [2.45, 2.75) is 19.4 Å². The summed E-state index contributed by atoms with van der Waals surface area (Å²) in [6.45, 7) is 3.63. The largest absolute Gasteiger partial charge is 0.497 e. The zero-order chi connectivity index (χ0) is 21.5. The average molecular weight is 412 g/mol. The third-order valence-corrected chi connectivity index (χ3v) is 5.42. The van der Waals surface area contributed by atoms with E-state index < -0.39 is 5.92 Å². The van der Waals surface area contributed by atoms with Gasteiger partial charge in [0.1, 0.15) is 11.5 Å². The van der Waals surface area contributed by atoms with E-state index in [1.165, 1.54) is 0 Å². The lowest BCUT2D eigenvalue weighted by Crippen LogP contribution is -2.39. The van der Waals surface area contributed by atoms with Gasteiger partial charge in [-0.15, -0.1) is 0 Å². The number of likely N-dealkylation sites (tertiary alicyclic amines) is 1. The number of hydrogen-bond donors (Lipinski definition) is 2. The number of urea groups is 1. The predicted octanol–water partition coefficient (Wildman–Crippen LogP) is 2.77. The first-order valence-corrected chi connectivity index (χ1v) is 10.1. The summed E-state index contributed by atoms with van der Waals surface area (Å²) in [4.78, 5) is 27.3. The Morgan fingerprint density at radius 1 is 1.03 bits per heavy atom. The minimum atomic E-state index is -0.391. The lowest BCUT2D eigenvalue weighted by Gasteiger charge is -2.21. The van der Waals surface area contributed by atoms with Crippen LogP contribution in [0, 0.1) is 5.92 Å². The van der Waals surface area contributed by atoms with Gasteiger partial charge >= 0.3 is 6.03 Å². The highest BCUT2D eigenvalue weighted by Gasteiger charge is 2.41. The standard InChI is InChI=1S/C23H29N3O4/c1-4-24-23(28)26-14-19(18-12-17(29-2)10-11-21(18)30-3)20(15-26)22(27)25-13-16-8-6-5-7-9-16/h5-12,19-20H,4,13-15H2,1-3H3,(H,24,28)(H,25,27)/t19-,20+/m1/s1. The molecule has 0 unspecified atom stereocenters. The average Bonchev–Trinajstić information content (AvgIpc) is 3.23. The molecule has 1 heterocycles. The van der Waals surface area contributed by atoms with Crippen LogP contribution >= 0.6 is 0 Å². The van der Waals surface area contributed by atoms with Gasteiger partial charge in [0, 0.05) is 37.7 Å². The van der Waals surface area contributed by atoms with Crippen LogP contribution in [0.3, 0.4) is 0 Å². The third-order valence-electron chi connectivity index (χ3n) is 5.42. The number of nitrogens with zero attached hydrogens (tertiary/aromatic N) is 1. The molecule has 0 aliphatic carbocycles. The molecule has 3 rings (SSSR count). The minimum Gasteiger partial charge on any atom is -0.497 e. The summed E-state index contributed by atoms with van der Waals surface area (Å²) in [5.41, 5.74) is 1.89. The molecule has 1 fully saturated rings. The van der Waals surface area contributed by atoms with Gasteiger partial charge in [-0.1, -0.05) is 30.3 Å². The van der Waals surface area contributed by atoms with Gasteiger partial charge in [0.25, 0.3) is 0 Å². The van der Waals surface area contributed by atoms with E-state index in [0.29, 0.717) is 37.7 Å². The molecular formula is C23H29N3O4. The van der Waals surface area contributed by atoms with Gasteiger partial charge in [0.15, 0.2) is 0 Å². The Labute approximate surface area is 177 Å². The van der Waals surface area contributed by atoms with Crippen LogP contribution in [0.4, 0.5) is 4.79 Å². The molecule has 0 bridgehead atoms. The molecule has 1 aliphatic heterocycles. The summed E-state index contributed by atoms with van der Waals surface area (Å²) in [5, 5.41) is 5.86. The maximum atomic E-state index is 13.1. The summed E-state index contributed by atoms with van der Waals surface area (Å²) < 4.78 is 10.9. The Balaban J connectivity index is 1.85. The Hall–Kier alpha value is -3.22. The van der Waals surface area contributed by atoms with Crippen molar-refractivity contribution in [1.29, 1.82) is 0 Å². The van der Waals surface area contributed by atoms with E-state index in [4.69, 9.17) is 9.47 Å². The number of methoxy groups -OCH3 is 2. The summed E-state index contributed by atoms with van der Waals surface area (Å²) in [6.07, 6.45) is 0. The van der Waals surface area contributed by atoms with Gasteiger partial charge in [0.05, 0.1) is 20.1 Å². The van der Waals surface area contributed by atoms with E-state index in [2.05, 4.69) is 10.6 Å². The van der Waals surface area contributed by atoms with Gasteiger partial charge in [-0.25, -0.2) is 4.79 Å². The summed E-state index contributed by atoms with van der Waals surface area (Å²) in [5.74, 6) is 0.691. The van der Waals surface area contributed by atoms with Gasteiger partial charge in [0.2, 0.25) is 5.91 Å². The Morgan fingerprint density at radius 2 is 1.80 bits per heavy atom. The molecule has 0 radical (unpaired) electrons. The second-order valence-corrected chi connectivity index (χ2v) is 7.26. The van der Waals surface area contributed by atoms with Crippen molar-refractivity contribution in [1.82, 2.24) is 15.5 Å². The highest BCUT2D eigenvalue weighted by atomic mass is 16.5. The number of rotatable bonds is 7. The van der Waals surface area contributed by atoms with Gasteiger partial charge < -0.3 is 25.0 Å². The summed E-state index contributed by atoms with van der Waals surface area (Å²) in [7, 11) is 3.21. The fourth-order valence-electron chi connectivity index (χ4n) is 3.86. The highest BCUT2D eigenvalue weighted by Crippen LogP contribution is 2.39. The topological polar surface area (TPSA) is 79.9 Å². The van der Waals surface area contributed by atoms with Crippen LogP contribution in [0.5, 0.6) is 11.5 Å². The van der Waals surface area contributed by atoms with E-state index in [-0.39, 0.29) is 17.9 Å². The van der Waals surface area contributed by atoms with Gasteiger partial charge in [-0.3, -0.25) is 4.79 Å². The first-order valence-electron chi connectivity index (χ1n) is 10.1. The van der Waals surface area contributed by atoms with Crippen LogP contribution in [0.2, 0.25) is 0 Å². The van der Waals surface area contributed by atoms with Crippen LogP contribution < -0.4 is 20.1 Å². The molecule has 7 heteroatoms. The van der Waals surface area contributed by atoms with Crippen LogP contribution in [0.15, 0.2) is 48.5 Å². The predicted molar refractivity (Wildman–Crippen MR) is 115 cm³/mol. The molecule has 2 aromatic carbocycles. The summed E-state index contributed by atoms with van der Waals surface area (Å²) >= 11 is 0. The van der Waals surface area contributed by atoms with E-state index >= 15 is 0 Å². The van der Waals surface area contributed by atoms with Crippen molar-refractivity contribution >= 4 is 11.9 Å². The maximum Gasteiger partial charge on any atom is 0.317 e. The molecule has 0 saturated carbocycles. The molecule has 7 nitrogen and oxygen atoms in total. The molecule has 2 aromatic rings. The van der Waals surface area contributed by atoms with Gasteiger partial charge in [-0.05, 0) is 30.7 Å². The lowest BCUT2D eigenvalue weighted by atomic mass is 9.87. The van der Waals surface area contributed by atoms with Crippen LogP contribution in [0.25, 0.3) is 0 Å². The number of benzene rings is 2. The SMILES string of the molecule is CCNC(=O)N1C[C@H](C(=O)NCc2ccccc2)[C@@H](c2cc(OC)ccc2OC)C1. The second kappa shape index (κ2) is 10.0. The van der Waals surface area contributed by atoms with Crippen molar-refractivity contribution < 1.29 is 19.1 Å². The van der Waals surface area contributed by atoms with E-state index in [9.17, 15) is 9.59 Å². The quantitative estimate of drug-likeness (QED) is 0.734.